The molecule has 3 rings (SSSR count). The topological polar surface area (TPSA) is 47.5 Å². The zero-order valence-corrected chi connectivity index (χ0v) is 11.5. The average molecular weight is 277 g/mol. The normalized spacial score (nSPS) is 17.7. The fourth-order valence-electron chi connectivity index (χ4n) is 2.09. The minimum atomic E-state index is 0.0563. The molecule has 0 fully saturated rings. The zero-order valence-electron chi connectivity index (χ0n) is 10.7. The van der Waals surface area contributed by atoms with E-state index in [1.54, 1.807) is 6.20 Å². The number of nitrogens with zero attached hydrogens (tertiary/aromatic N) is 3. The molecule has 0 aliphatic carbocycles. The molecule has 19 heavy (non-hydrogen) atoms. The Morgan fingerprint density at radius 2 is 2.21 bits per heavy atom. The van der Waals surface area contributed by atoms with Gasteiger partial charge in [-0.2, -0.15) is 0 Å². The summed E-state index contributed by atoms with van der Waals surface area (Å²) in [6.07, 6.45) is 1.86. The number of hydrogen-bond acceptors (Lipinski definition) is 6. The summed E-state index contributed by atoms with van der Waals surface area (Å²) in [4.78, 5) is 3.34. The molecule has 2 heterocycles. The minimum Gasteiger partial charge on any atom is -0.486 e. The second kappa shape index (κ2) is 5.54. The van der Waals surface area contributed by atoms with Crippen LogP contribution in [0.5, 0.6) is 11.5 Å². The third-order valence-electron chi connectivity index (χ3n) is 2.92. The molecule has 0 N–H and O–H groups in total. The van der Waals surface area contributed by atoms with Crippen LogP contribution in [0.3, 0.4) is 0 Å². The van der Waals surface area contributed by atoms with Crippen LogP contribution >= 0.6 is 11.5 Å². The monoisotopic (exact) mass is 277 g/mol. The number of fused-ring (bicyclic) bond motifs is 1. The first-order chi connectivity index (χ1) is 9.31. The predicted octanol–water partition coefficient (Wildman–Crippen LogP) is 1.81. The van der Waals surface area contributed by atoms with Gasteiger partial charge in [-0.1, -0.05) is 16.6 Å². The molecule has 0 amide bonds. The number of ether oxygens (including phenoxy) is 2. The lowest BCUT2D eigenvalue weighted by Gasteiger charge is -2.29. The van der Waals surface area contributed by atoms with Gasteiger partial charge in [-0.3, -0.25) is 4.90 Å². The second-order valence-electron chi connectivity index (χ2n) is 4.58. The van der Waals surface area contributed by atoms with Crippen LogP contribution in [0.4, 0.5) is 0 Å². The molecule has 1 aromatic carbocycles. The number of aromatic nitrogens is 2. The Kier molecular flexibility index (Phi) is 3.61. The van der Waals surface area contributed by atoms with Gasteiger partial charge in [0.1, 0.15) is 12.7 Å². The van der Waals surface area contributed by atoms with Crippen molar-refractivity contribution in [2.24, 2.45) is 0 Å². The molecule has 1 aliphatic rings. The Morgan fingerprint density at radius 1 is 1.37 bits per heavy atom. The van der Waals surface area contributed by atoms with Crippen LogP contribution in [0.2, 0.25) is 0 Å². The van der Waals surface area contributed by atoms with Crippen molar-refractivity contribution in [2.45, 2.75) is 12.6 Å². The summed E-state index contributed by atoms with van der Waals surface area (Å²) >= 11 is 1.43. The van der Waals surface area contributed by atoms with Crippen LogP contribution in [-0.2, 0) is 6.54 Å². The highest BCUT2D eigenvalue weighted by molar-refractivity contribution is 7.05. The number of hydrogen-bond donors (Lipinski definition) is 0. The molecule has 0 radical (unpaired) electrons. The molecular weight excluding hydrogens is 262 g/mol. The second-order valence-corrected chi connectivity index (χ2v) is 5.45. The van der Waals surface area contributed by atoms with Gasteiger partial charge in [-0.25, -0.2) is 0 Å². The van der Waals surface area contributed by atoms with Crippen molar-refractivity contribution < 1.29 is 9.47 Å². The van der Waals surface area contributed by atoms with E-state index in [1.165, 1.54) is 11.5 Å². The molecule has 0 saturated heterocycles. The van der Waals surface area contributed by atoms with Gasteiger partial charge in [0.25, 0.3) is 0 Å². The Hall–Kier alpha value is -1.66. The highest BCUT2D eigenvalue weighted by atomic mass is 32.1. The maximum atomic E-state index is 5.93. The Bertz CT molecular complexity index is 532. The smallest absolute Gasteiger partial charge is 0.161 e. The van der Waals surface area contributed by atoms with Crippen LogP contribution < -0.4 is 9.47 Å². The Labute approximate surface area is 115 Å². The molecule has 100 valence electrons. The summed E-state index contributed by atoms with van der Waals surface area (Å²) in [5, 5.41) is 3.84. The lowest BCUT2D eigenvalue weighted by Crippen LogP contribution is -2.39. The van der Waals surface area contributed by atoms with Gasteiger partial charge in [0.05, 0.1) is 11.1 Å². The average Bonchev–Trinajstić information content (AvgIpc) is 2.91. The van der Waals surface area contributed by atoms with Crippen LogP contribution in [0.15, 0.2) is 30.5 Å². The SMILES string of the molecule is CN(Cc1cnns1)C[C@@H]1COc2ccccc2O1. The first-order valence-corrected chi connectivity index (χ1v) is 6.92. The van der Waals surface area contributed by atoms with E-state index in [0.717, 1.165) is 29.5 Å². The maximum Gasteiger partial charge on any atom is 0.161 e. The van der Waals surface area contributed by atoms with Crippen molar-refractivity contribution >= 4 is 11.5 Å². The van der Waals surface area contributed by atoms with E-state index in [4.69, 9.17) is 9.47 Å². The summed E-state index contributed by atoms with van der Waals surface area (Å²) in [5.74, 6) is 1.65. The zero-order chi connectivity index (χ0) is 13.1. The highest BCUT2D eigenvalue weighted by Crippen LogP contribution is 2.30. The predicted molar refractivity (Wildman–Crippen MR) is 72.6 cm³/mol. The molecular formula is C13H15N3O2S. The first kappa shape index (κ1) is 12.4. The Balaban J connectivity index is 1.57. The lowest BCUT2D eigenvalue weighted by atomic mass is 10.2. The highest BCUT2D eigenvalue weighted by Gasteiger charge is 2.21. The van der Waals surface area contributed by atoms with Crippen molar-refractivity contribution in [1.82, 2.24) is 14.5 Å². The van der Waals surface area contributed by atoms with Gasteiger partial charge in [0.15, 0.2) is 11.5 Å². The summed E-state index contributed by atoms with van der Waals surface area (Å²) in [7, 11) is 2.06. The number of para-hydroxylation sites is 2. The fraction of sp³-hybridized carbons (Fsp3) is 0.385. The molecule has 1 aromatic heterocycles. The van der Waals surface area contributed by atoms with Crippen molar-refractivity contribution in [1.29, 1.82) is 0 Å². The van der Waals surface area contributed by atoms with Gasteiger partial charge in [-0.15, -0.1) is 5.10 Å². The molecule has 0 saturated carbocycles. The molecule has 6 heteroatoms. The van der Waals surface area contributed by atoms with Gasteiger partial charge >= 0.3 is 0 Å². The third kappa shape index (κ3) is 3.02. The minimum absolute atomic E-state index is 0.0563. The van der Waals surface area contributed by atoms with E-state index in [0.29, 0.717) is 6.61 Å². The van der Waals surface area contributed by atoms with Gasteiger partial charge in [0, 0.05) is 13.1 Å². The fourth-order valence-corrected chi connectivity index (χ4v) is 2.66. The van der Waals surface area contributed by atoms with E-state index in [9.17, 15) is 0 Å². The van der Waals surface area contributed by atoms with Crippen LogP contribution in [0.25, 0.3) is 0 Å². The first-order valence-electron chi connectivity index (χ1n) is 6.14. The summed E-state index contributed by atoms with van der Waals surface area (Å²) in [6, 6.07) is 7.77. The quantitative estimate of drug-likeness (QED) is 0.853. The number of likely N-dealkylation sites (N-methyl/N-ethyl adjacent to an activating group) is 1. The largest absolute Gasteiger partial charge is 0.486 e. The van der Waals surface area contributed by atoms with Crippen LogP contribution in [0, 0.1) is 0 Å². The third-order valence-corrected chi connectivity index (χ3v) is 3.56. The number of rotatable bonds is 4. The maximum absolute atomic E-state index is 5.93. The molecule has 1 atom stereocenters. The van der Waals surface area contributed by atoms with Crippen molar-refractivity contribution in [3.05, 3.63) is 35.3 Å². The molecule has 0 unspecified atom stereocenters. The van der Waals surface area contributed by atoms with Crippen molar-refractivity contribution in [3.63, 3.8) is 0 Å². The summed E-state index contributed by atoms with van der Waals surface area (Å²) < 4.78 is 15.5. The van der Waals surface area contributed by atoms with Crippen molar-refractivity contribution in [3.8, 4) is 11.5 Å². The lowest BCUT2D eigenvalue weighted by molar-refractivity contribution is 0.0640. The van der Waals surface area contributed by atoms with Gasteiger partial charge in [-0.05, 0) is 30.7 Å². The number of benzene rings is 1. The summed E-state index contributed by atoms with van der Waals surface area (Å²) in [5.41, 5.74) is 0. The van der Waals surface area contributed by atoms with Crippen molar-refractivity contribution in [2.75, 3.05) is 20.2 Å². The van der Waals surface area contributed by atoms with Gasteiger partial charge in [0.2, 0.25) is 0 Å². The van der Waals surface area contributed by atoms with E-state index in [-0.39, 0.29) is 6.10 Å². The van der Waals surface area contributed by atoms with E-state index < -0.39 is 0 Å². The van der Waals surface area contributed by atoms with E-state index >= 15 is 0 Å². The molecule has 5 nitrogen and oxygen atoms in total. The van der Waals surface area contributed by atoms with E-state index in [2.05, 4.69) is 21.5 Å². The Morgan fingerprint density at radius 3 is 3.00 bits per heavy atom. The van der Waals surface area contributed by atoms with Gasteiger partial charge < -0.3 is 9.47 Å². The standard InChI is InChI=1S/C13H15N3O2S/c1-16(8-11-6-14-15-19-11)7-10-9-17-12-4-2-3-5-13(12)18-10/h2-6,10H,7-9H2,1H3/t10-/m1/s1. The van der Waals surface area contributed by atoms with Crippen LogP contribution in [-0.4, -0.2) is 40.8 Å². The molecule has 0 bridgehead atoms. The molecule has 1 aliphatic heterocycles. The van der Waals surface area contributed by atoms with E-state index in [1.807, 2.05) is 24.3 Å². The molecule has 0 spiro atoms. The molecule has 2 aromatic rings. The van der Waals surface area contributed by atoms with Crippen LogP contribution in [0.1, 0.15) is 4.88 Å². The summed E-state index contributed by atoms with van der Waals surface area (Å²) in [6.45, 7) is 2.23.